The molecule has 0 unspecified atom stereocenters. The number of nitrogens with one attached hydrogen (secondary N) is 1. The molecular formula is C8H17NO3. The second kappa shape index (κ2) is 4.98. The molecule has 72 valence electrons. The molecule has 0 rings (SSSR count). The quantitative estimate of drug-likeness (QED) is 0.665. The fourth-order valence-corrected chi connectivity index (χ4v) is 0.527. The lowest BCUT2D eigenvalue weighted by molar-refractivity contribution is 0.116. The van der Waals surface area contributed by atoms with E-state index in [0.29, 0.717) is 6.54 Å². The van der Waals surface area contributed by atoms with Crippen molar-refractivity contribution in [2.75, 3.05) is 19.8 Å². The fraction of sp³-hybridized carbons (Fsp3) is 0.875. The van der Waals surface area contributed by atoms with Gasteiger partial charge < -0.3 is 15.2 Å². The first-order chi connectivity index (χ1) is 5.45. The molecule has 0 aliphatic heterocycles. The van der Waals surface area contributed by atoms with Gasteiger partial charge >= 0.3 is 6.09 Å². The van der Waals surface area contributed by atoms with Crippen molar-refractivity contribution in [1.82, 2.24) is 5.32 Å². The van der Waals surface area contributed by atoms with E-state index in [1.54, 1.807) is 0 Å². The minimum Gasteiger partial charge on any atom is -0.447 e. The standard InChI is InChI=1S/C8H17NO3/c1-8(2,3)6-9-7(11)12-5-4-10/h10H,4-6H2,1-3H3,(H,9,11). The lowest BCUT2D eigenvalue weighted by Gasteiger charge is -2.18. The number of hydrogen-bond donors (Lipinski definition) is 2. The van der Waals surface area contributed by atoms with Crippen molar-refractivity contribution >= 4 is 6.09 Å². The minimum atomic E-state index is -0.473. The average Bonchev–Trinajstić information content (AvgIpc) is 1.95. The summed E-state index contributed by atoms with van der Waals surface area (Å²) in [6.45, 7) is 6.52. The van der Waals surface area contributed by atoms with Crippen LogP contribution in [0.15, 0.2) is 0 Å². The molecule has 4 heteroatoms. The Kier molecular flexibility index (Phi) is 4.66. The molecule has 0 aliphatic rings. The summed E-state index contributed by atoms with van der Waals surface area (Å²) in [5.74, 6) is 0. The Morgan fingerprint density at radius 2 is 2.08 bits per heavy atom. The van der Waals surface area contributed by atoms with Crippen molar-refractivity contribution in [2.24, 2.45) is 5.41 Å². The summed E-state index contributed by atoms with van der Waals surface area (Å²) >= 11 is 0. The molecule has 0 spiro atoms. The van der Waals surface area contributed by atoms with E-state index < -0.39 is 6.09 Å². The molecule has 0 heterocycles. The molecule has 0 aromatic rings. The third-order valence-corrected chi connectivity index (χ3v) is 1.09. The summed E-state index contributed by atoms with van der Waals surface area (Å²) in [5, 5.41) is 10.9. The summed E-state index contributed by atoms with van der Waals surface area (Å²) in [6, 6.07) is 0. The lowest BCUT2D eigenvalue weighted by Crippen LogP contribution is -2.33. The van der Waals surface area contributed by atoms with Crippen LogP contribution in [-0.4, -0.2) is 31.0 Å². The zero-order valence-electron chi connectivity index (χ0n) is 7.89. The molecule has 0 aliphatic carbocycles. The van der Waals surface area contributed by atoms with Crippen molar-refractivity contribution in [3.05, 3.63) is 0 Å². The molecule has 0 aromatic heterocycles. The highest BCUT2D eigenvalue weighted by atomic mass is 16.6. The first kappa shape index (κ1) is 11.2. The predicted octanol–water partition coefficient (Wildman–Crippen LogP) is 0.751. The number of alkyl carbamates (subject to hydrolysis) is 1. The number of ether oxygens (including phenoxy) is 1. The molecule has 1 amide bonds. The molecule has 0 saturated heterocycles. The van der Waals surface area contributed by atoms with E-state index in [1.807, 2.05) is 20.8 Å². The van der Waals surface area contributed by atoms with E-state index in [9.17, 15) is 4.79 Å². The topological polar surface area (TPSA) is 58.6 Å². The van der Waals surface area contributed by atoms with Crippen molar-refractivity contribution in [2.45, 2.75) is 20.8 Å². The Balaban J connectivity index is 3.44. The molecule has 0 radical (unpaired) electrons. The Bertz CT molecular complexity index is 140. The van der Waals surface area contributed by atoms with Crippen molar-refractivity contribution < 1.29 is 14.6 Å². The predicted molar refractivity (Wildman–Crippen MR) is 45.9 cm³/mol. The number of rotatable bonds is 3. The maximum atomic E-state index is 10.8. The van der Waals surface area contributed by atoms with Crippen molar-refractivity contribution in [3.63, 3.8) is 0 Å². The largest absolute Gasteiger partial charge is 0.447 e. The molecule has 2 N–H and O–H groups in total. The van der Waals surface area contributed by atoms with Crippen LogP contribution in [0.4, 0.5) is 4.79 Å². The smallest absolute Gasteiger partial charge is 0.407 e. The lowest BCUT2D eigenvalue weighted by atomic mass is 9.97. The van der Waals surface area contributed by atoms with Crippen LogP contribution >= 0.6 is 0 Å². The molecular weight excluding hydrogens is 158 g/mol. The third-order valence-electron chi connectivity index (χ3n) is 1.09. The van der Waals surface area contributed by atoms with Crippen LogP contribution in [0.25, 0.3) is 0 Å². The van der Waals surface area contributed by atoms with Crippen LogP contribution in [0.5, 0.6) is 0 Å². The van der Waals surface area contributed by atoms with Crippen molar-refractivity contribution in [1.29, 1.82) is 0 Å². The summed E-state index contributed by atoms with van der Waals surface area (Å²) in [5.41, 5.74) is 0.0538. The molecule has 0 saturated carbocycles. The number of aliphatic hydroxyl groups excluding tert-OH is 1. The second-order valence-electron chi connectivity index (χ2n) is 3.77. The van der Waals surface area contributed by atoms with Gasteiger partial charge in [0.1, 0.15) is 6.61 Å². The van der Waals surface area contributed by atoms with Gasteiger partial charge in [-0.25, -0.2) is 4.79 Å². The van der Waals surface area contributed by atoms with Crippen LogP contribution in [0, 0.1) is 5.41 Å². The van der Waals surface area contributed by atoms with Gasteiger partial charge in [-0.15, -0.1) is 0 Å². The maximum absolute atomic E-state index is 10.8. The molecule has 0 atom stereocenters. The van der Waals surface area contributed by atoms with Crippen LogP contribution < -0.4 is 5.32 Å². The fourth-order valence-electron chi connectivity index (χ4n) is 0.527. The van der Waals surface area contributed by atoms with Crippen LogP contribution in [0.1, 0.15) is 20.8 Å². The average molecular weight is 175 g/mol. The molecule has 0 aromatic carbocycles. The van der Waals surface area contributed by atoms with Gasteiger partial charge in [0.25, 0.3) is 0 Å². The monoisotopic (exact) mass is 175 g/mol. The number of carbonyl (C=O) groups is 1. The van der Waals surface area contributed by atoms with E-state index in [2.05, 4.69) is 10.1 Å². The van der Waals surface area contributed by atoms with Gasteiger partial charge in [0.2, 0.25) is 0 Å². The molecule has 0 fully saturated rings. The van der Waals surface area contributed by atoms with E-state index in [0.717, 1.165) is 0 Å². The normalized spacial score (nSPS) is 11.0. The highest BCUT2D eigenvalue weighted by molar-refractivity contribution is 5.67. The number of carbonyl (C=O) groups excluding carboxylic acids is 1. The Morgan fingerprint density at radius 1 is 1.50 bits per heavy atom. The van der Waals surface area contributed by atoms with E-state index in [4.69, 9.17) is 5.11 Å². The van der Waals surface area contributed by atoms with E-state index in [-0.39, 0.29) is 18.6 Å². The number of aliphatic hydroxyl groups is 1. The van der Waals surface area contributed by atoms with Crippen molar-refractivity contribution in [3.8, 4) is 0 Å². The van der Waals surface area contributed by atoms with Gasteiger partial charge in [-0.2, -0.15) is 0 Å². The maximum Gasteiger partial charge on any atom is 0.407 e. The number of amides is 1. The van der Waals surface area contributed by atoms with Gasteiger partial charge in [0, 0.05) is 6.54 Å². The van der Waals surface area contributed by atoms with E-state index >= 15 is 0 Å². The van der Waals surface area contributed by atoms with Gasteiger partial charge in [0.15, 0.2) is 0 Å². The van der Waals surface area contributed by atoms with Gasteiger partial charge in [0.05, 0.1) is 6.61 Å². The van der Waals surface area contributed by atoms with Gasteiger partial charge in [-0.3, -0.25) is 0 Å². The Labute approximate surface area is 72.9 Å². The molecule has 12 heavy (non-hydrogen) atoms. The summed E-state index contributed by atoms with van der Waals surface area (Å²) in [6.07, 6.45) is -0.473. The van der Waals surface area contributed by atoms with Gasteiger partial charge in [-0.05, 0) is 5.41 Å². The SMILES string of the molecule is CC(C)(C)CNC(=O)OCCO. The molecule has 4 nitrogen and oxygen atoms in total. The van der Waals surface area contributed by atoms with Crippen LogP contribution in [0.3, 0.4) is 0 Å². The third kappa shape index (κ3) is 7.34. The first-order valence-electron chi connectivity index (χ1n) is 3.97. The summed E-state index contributed by atoms with van der Waals surface area (Å²) in [7, 11) is 0. The Hall–Kier alpha value is -0.770. The first-order valence-corrected chi connectivity index (χ1v) is 3.97. The number of hydrogen-bond acceptors (Lipinski definition) is 3. The Morgan fingerprint density at radius 3 is 2.50 bits per heavy atom. The van der Waals surface area contributed by atoms with Crippen LogP contribution in [-0.2, 0) is 4.74 Å². The zero-order valence-corrected chi connectivity index (χ0v) is 7.89. The minimum absolute atomic E-state index is 0.0516. The zero-order chi connectivity index (χ0) is 9.61. The summed E-state index contributed by atoms with van der Waals surface area (Å²) < 4.78 is 4.59. The van der Waals surface area contributed by atoms with Gasteiger partial charge in [-0.1, -0.05) is 20.8 Å². The summed E-state index contributed by atoms with van der Waals surface area (Å²) in [4.78, 5) is 10.8. The molecule has 0 bridgehead atoms. The second-order valence-corrected chi connectivity index (χ2v) is 3.77. The van der Waals surface area contributed by atoms with Crippen LogP contribution in [0.2, 0.25) is 0 Å². The highest BCUT2D eigenvalue weighted by Gasteiger charge is 2.11. The highest BCUT2D eigenvalue weighted by Crippen LogP contribution is 2.09. The van der Waals surface area contributed by atoms with E-state index in [1.165, 1.54) is 0 Å².